The lowest BCUT2D eigenvalue weighted by Gasteiger charge is -2.30. The predicted octanol–water partition coefficient (Wildman–Crippen LogP) is -0.649. The fourth-order valence-corrected chi connectivity index (χ4v) is 1.91. The SMILES string of the molecule is CC1CCC(C(=O)NCC(N)=O)CC1N. The first-order valence-electron chi connectivity index (χ1n) is 5.32. The van der Waals surface area contributed by atoms with E-state index in [1.165, 1.54) is 0 Å². The molecule has 86 valence electrons. The summed E-state index contributed by atoms with van der Waals surface area (Å²) in [5, 5.41) is 2.52. The lowest BCUT2D eigenvalue weighted by Crippen LogP contribution is -2.43. The minimum Gasteiger partial charge on any atom is -0.368 e. The van der Waals surface area contributed by atoms with Crippen LogP contribution in [0.3, 0.4) is 0 Å². The van der Waals surface area contributed by atoms with Gasteiger partial charge in [-0.05, 0) is 25.2 Å². The summed E-state index contributed by atoms with van der Waals surface area (Å²) in [6, 6.07) is 0.0862. The Labute approximate surface area is 89.6 Å². The van der Waals surface area contributed by atoms with Crippen LogP contribution < -0.4 is 16.8 Å². The van der Waals surface area contributed by atoms with Crippen LogP contribution in [0.25, 0.3) is 0 Å². The van der Waals surface area contributed by atoms with Crippen molar-refractivity contribution in [1.29, 1.82) is 0 Å². The summed E-state index contributed by atoms with van der Waals surface area (Å²) in [4.78, 5) is 22.1. The molecule has 0 aliphatic heterocycles. The molecule has 2 amide bonds. The van der Waals surface area contributed by atoms with Gasteiger partial charge < -0.3 is 16.8 Å². The minimum absolute atomic E-state index is 0.0597. The monoisotopic (exact) mass is 213 g/mol. The molecule has 15 heavy (non-hydrogen) atoms. The molecule has 3 unspecified atom stereocenters. The minimum atomic E-state index is -0.517. The summed E-state index contributed by atoms with van der Waals surface area (Å²) in [6.45, 7) is 2.02. The molecule has 1 aliphatic carbocycles. The number of nitrogens with two attached hydrogens (primary N) is 2. The zero-order chi connectivity index (χ0) is 11.4. The Morgan fingerprint density at radius 2 is 2.07 bits per heavy atom. The van der Waals surface area contributed by atoms with E-state index in [1.807, 2.05) is 0 Å². The summed E-state index contributed by atoms with van der Waals surface area (Å²) in [6.07, 6.45) is 2.51. The normalized spacial score (nSPS) is 30.9. The zero-order valence-electron chi connectivity index (χ0n) is 9.03. The van der Waals surface area contributed by atoms with Gasteiger partial charge in [0, 0.05) is 12.0 Å². The topological polar surface area (TPSA) is 98.2 Å². The number of carbonyl (C=O) groups excluding carboxylic acids is 2. The van der Waals surface area contributed by atoms with Crippen molar-refractivity contribution in [3.8, 4) is 0 Å². The second-order valence-electron chi connectivity index (χ2n) is 4.34. The second-order valence-corrected chi connectivity index (χ2v) is 4.34. The number of nitrogens with one attached hydrogen (secondary N) is 1. The molecule has 0 bridgehead atoms. The highest BCUT2D eigenvalue weighted by molar-refractivity contribution is 5.85. The summed E-state index contributed by atoms with van der Waals surface area (Å²) < 4.78 is 0. The summed E-state index contributed by atoms with van der Waals surface area (Å²) in [5.74, 6) is -0.200. The first-order chi connectivity index (χ1) is 7.00. The van der Waals surface area contributed by atoms with Gasteiger partial charge in [0.25, 0.3) is 0 Å². The molecule has 0 aromatic carbocycles. The molecular formula is C10H19N3O2. The van der Waals surface area contributed by atoms with Gasteiger partial charge in [0.1, 0.15) is 0 Å². The van der Waals surface area contributed by atoms with Crippen LogP contribution in [0.5, 0.6) is 0 Å². The van der Waals surface area contributed by atoms with Crippen LogP contribution in [0.1, 0.15) is 26.2 Å². The van der Waals surface area contributed by atoms with Gasteiger partial charge in [0.05, 0.1) is 6.54 Å². The van der Waals surface area contributed by atoms with E-state index in [0.717, 1.165) is 12.8 Å². The molecule has 1 saturated carbocycles. The van der Waals surface area contributed by atoms with Crippen molar-refractivity contribution in [2.75, 3.05) is 6.54 Å². The quantitative estimate of drug-likeness (QED) is 0.581. The molecule has 0 spiro atoms. The van der Waals surface area contributed by atoms with Crippen LogP contribution in [-0.2, 0) is 9.59 Å². The number of primary amides is 1. The van der Waals surface area contributed by atoms with Crippen LogP contribution in [-0.4, -0.2) is 24.4 Å². The van der Waals surface area contributed by atoms with E-state index in [2.05, 4.69) is 12.2 Å². The van der Waals surface area contributed by atoms with Gasteiger partial charge in [-0.3, -0.25) is 9.59 Å². The maximum absolute atomic E-state index is 11.6. The Morgan fingerprint density at radius 3 is 2.60 bits per heavy atom. The van der Waals surface area contributed by atoms with E-state index in [1.54, 1.807) is 0 Å². The van der Waals surface area contributed by atoms with Crippen molar-refractivity contribution in [2.45, 2.75) is 32.2 Å². The highest BCUT2D eigenvalue weighted by atomic mass is 16.2. The second kappa shape index (κ2) is 5.11. The average molecular weight is 213 g/mol. The zero-order valence-corrected chi connectivity index (χ0v) is 9.03. The molecule has 1 fully saturated rings. The van der Waals surface area contributed by atoms with Gasteiger partial charge in [0.15, 0.2) is 0 Å². The Hall–Kier alpha value is -1.10. The third kappa shape index (κ3) is 3.51. The van der Waals surface area contributed by atoms with E-state index in [0.29, 0.717) is 12.3 Å². The number of carbonyl (C=O) groups is 2. The molecule has 1 aliphatic rings. The molecule has 5 nitrogen and oxygen atoms in total. The van der Waals surface area contributed by atoms with Crippen molar-refractivity contribution in [3.63, 3.8) is 0 Å². The largest absolute Gasteiger partial charge is 0.368 e. The van der Waals surface area contributed by atoms with Crippen molar-refractivity contribution in [3.05, 3.63) is 0 Å². The first-order valence-corrected chi connectivity index (χ1v) is 5.32. The fraction of sp³-hybridized carbons (Fsp3) is 0.800. The van der Waals surface area contributed by atoms with E-state index >= 15 is 0 Å². The lowest BCUT2D eigenvalue weighted by molar-refractivity contribution is -0.128. The van der Waals surface area contributed by atoms with Crippen LogP contribution >= 0.6 is 0 Å². The fourth-order valence-electron chi connectivity index (χ4n) is 1.91. The molecular weight excluding hydrogens is 194 g/mol. The standard InChI is InChI=1S/C10H19N3O2/c1-6-2-3-7(4-8(6)11)10(15)13-5-9(12)14/h6-8H,2-5,11H2,1H3,(H2,12,14)(H,13,15). The Bertz CT molecular complexity index is 255. The summed E-state index contributed by atoms with van der Waals surface area (Å²) in [5.41, 5.74) is 10.8. The Balaban J connectivity index is 2.37. The van der Waals surface area contributed by atoms with Gasteiger partial charge in [-0.1, -0.05) is 6.92 Å². The Kier molecular flexibility index (Phi) is 4.08. The van der Waals surface area contributed by atoms with Crippen LogP contribution in [0.2, 0.25) is 0 Å². The molecule has 0 aromatic rings. The molecule has 0 radical (unpaired) electrons. The third-order valence-corrected chi connectivity index (χ3v) is 3.07. The highest BCUT2D eigenvalue weighted by Gasteiger charge is 2.29. The van der Waals surface area contributed by atoms with Gasteiger partial charge in [0.2, 0.25) is 11.8 Å². The van der Waals surface area contributed by atoms with Gasteiger partial charge >= 0.3 is 0 Å². The average Bonchev–Trinajstić information content (AvgIpc) is 2.18. The van der Waals surface area contributed by atoms with Crippen LogP contribution in [0, 0.1) is 11.8 Å². The molecule has 5 heteroatoms. The van der Waals surface area contributed by atoms with E-state index in [4.69, 9.17) is 11.5 Å². The molecule has 0 heterocycles. The predicted molar refractivity (Wildman–Crippen MR) is 56.7 cm³/mol. The van der Waals surface area contributed by atoms with Crippen molar-refractivity contribution >= 4 is 11.8 Å². The maximum Gasteiger partial charge on any atom is 0.236 e. The summed E-state index contributed by atoms with van der Waals surface area (Å²) >= 11 is 0. The van der Waals surface area contributed by atoms with Crippen molar-refractivity contribution < 1.29 is 9.59 Å². The van der Waals surface area contributed by atoms with Gasteiger partial charge in [-0.2, -0.15) is 0 Å². The molecule has 0 saturated heterocycles. The first kappa shape index (κ1) is 12.0. The highest BCUT2D eigenvalue weighted by Crippen LogP contribution is 2.27. The van der Waals surface area contributed by atoms with Crippen LogP contribution in [0.4, 0.5) is 0 Å². The Morgan fingerprint density at radius 1 is 1.40 bits per heavy atom. The van der Waals surface area contributed by atoms with Gasteiger partial charge in [-0.25, -0.2) is 0 Å². The smallest absolute Gasteiger partial charge is 0.236 e. The number of hydrogen-bond acceptors (Lipinski definition) is 3. The van der Waals surface area contributed by atoms with Crippen molar-refractivity contribution in [2.24, 2.45) is 23.3 Å². The molecule has 0 aromatic heterocycles. The summed E-state index contributed by atoms with van der Waals surface area (Å²) in [7, 11) is 0. The van der Waals surface area contributed by atoms with E-state index in [-0.39, 0.29) is 24.4 Å². The lowest BCUT2D eigenvalue weighted by atomic mass is 9.79. The van der Waals surface area contributed by atoms with Crippen molar-refractivity contribution in [1.82, 2.24) is 5.32 Å². The van der Waals surface area contributed by atoms with Gasteiger partial charge in [-0.15, -0.1) is 0 Å². The maximum atomic E-state index is 11.6. The number of rotatable bonds is 3. The van der Waals surface area contributed by atoms with E-state index < -0.39 is 5.91 Å². The molecule has 1 rings (SSSR count). The number of amides is 2. The molecule has 3 atom stereocenters. The number of hydrogen-bond donors (Lipinski definition) is 3. The molecule has 5 N–H and O–H groups in total. The van der Waals surface area contributed by atoms with Crippen LogP contribution in [0.15, 0.2) is 0 Å². The third-order valence-electron chi connectivity index (χ3n) is 3.07. The van der Waals surface area contributed by atoms with E-state index in [9.17, 15) is 9.59 Å².